The molecule has 0 saturated carbocycles. The Labute approximate surface area is 183 Å². The third-order valence-corrected chi connectivity index (χ3v) is 4.90. The van der Waals surface area contributed by atoms with Crippen LogP contribution in [0, 0.1) is 5.92 Å². The molecule has 0 bridgehead atoms. The van der Waals surface area contributed by atoms with Crippen LogP contribution in [0.25, 0.3) is 0 Å². The number of amides is 2. The van der Waals surface area contributed by atoms with Crippen molar-refractivity contribution in [3.8, 4) is 0 Å². The summed E-state index contributed by atoms with van der Waals surface area (Å²) in [5, 5.41) is 5.37. The number of hydrogen-bond acceptors (Lipinski definition) is 5. The molecule has 0 unspecified atom stereocenters. The van der Waals surface area contributed by atoms with Gasteiger partial charge >= 0.3 is 5.97 Å². The highest BCUT2D eigenvalue weighted by molar-refractivity contribution is 5.97. The molecule has 0 aliphatic rings. The number of rotatable bonds is 8. The first-order valence-electron chi connectivity index (χ1n) is 10.4. The molecule has 2 N–H and O–H groups in total. The molecular weight excluding hydrogens is 396 g/mol. The number of ether oxygens (including phenoxy) is 1. The molecule has 31 heavy (non-hydrogen) atoms. The van der Waals surface area contributed by atoms with Crippen LogP contribution in [0.2, 0.25) is 0 Å². The van der Waals surface area contributed by atoms with Crippen LogP contribution in [-0.4, -0.2) is 29.9 Å². The minimum absolute atomic E-state index is 0.0209. The molecule has 1 aromatic heterocycles. The molecule has 0 fully saturated rings. The van der Waals surface area contributed by atoms with Gasteiger partial charge in [-0.05, 0) is 48.1 Å². The lowest BCUT2D eigenvalue weighted by molar-refractivity contribution is -0.157. The van der Waals surface area contributed by atoms with Crippen LogP contribution in [0.3, 0.4) is 0 Å². The van der Waals surface area contributed by atoms with E-state index >= 15 is 0 Å². The first-order chi connectivity index (χ1) is 14.5. The van der Waals surface area contributed by atoms with Crippen LogP contribution in [0.15, 0.2) is 47.1 Å². The van der Waals surface area contributed by atoms with E-state index < -0.39 is 24.0 Å². The smallest absolute Gasteiger partial charge is 0.329 e. The fraction of sp³-hybridized carbons (Fsp3) is 0.458. The van der Waals surface area contributed by atoms with Crippen molar-refractivity contribution in [3.63, 3.8) is 0 Å². The number of furan rings is 1. The lowest BCUT2D eigenvalue weighted by Gasteiger charge is -2.23. The van der Waals surface area contributed by atoms with Crippen molar-refractivity contribution in [1.29, 1.82) is 0 Å². The summed E-state index contributed by atoms with van der Waals surface area (Å²) in [6, 6.07) is 9.86. The Morgan fingerprint density at radius 2 is 1.68 bits per heavy atom. The number of hydrogen-bond donors (Lipinski definition) is 2. The van der Waals surface area contributed by atoms with E-state index in [0.29, 0.717) is 11.3 Å². The predicted molar refractivity (Wildman–Crippen MR) is 117 cm³/mol. The number of esters is 1. The maximum Gasteiger partial charge on any atom is 0.329 e. The van der Waals surface area contributed by atoms with Gasteiger partial charge in [-0.25, -0.2) is 4.79 Å². The maximum atomic E-state index is 12.7. The molecule has 2 amide bonds. The predicted octanol–water partition coefficient (Wildman–Crippen LogP) is 3.58. The summed E-state index contributed by atoms with van der Waals surface area (Å²) < 4.78 is 10.5. The Balaban J connectivity index is 1.96. The van der Waals surface area contributed by atoms with Crippen LogP contribution in [0.1, 0.15) is 63.2 Å². The maximum absolute atomic E-state index is 12.7. The first kappa shape index (κ1) is 24.2. The zero-order valence-electron chi connectivity index (χ0n) is 19.0. The number of nitrogens with one attached hydrogen (secondary N) is 2. The molecule has 0 saturated heterocycles. The molecular formula is C24H32N2O5. The Bertz CT molecular complexity index is 880. The summed E-state index contributed by atoms with van der Waals surface area (Å²) >= 11 is 0. The molecule has 168 valence electrons. The minimum Gasteiger partial charge on any atom is -0.467 e. The van der Waals surface area contributed by atoms with Gasteiger partial charge in [0.2, 0.25) is 0 Å². The lowest BCUT2D eigenvalue weighted by Crippen LogP contribution is -2.47. The zero-order valence-corrected chi connectivity index (χ0v) is 19.0. The molecule has 0 aliphatic carbocycles. The monoisotopic (exact) mass is 428 g/mol. The second-order valence-electron chi connectivity index (χ2n) is 8.90. The molecule has 0 radical (unpaired) electrons. The Kier molecular flexibility index (Phi) is 8.02. The van der Waals surface area contributed by atoms with Gasteiger partial charge in [0, 0.05) is 5.56 Å². The molecule has 7 heteroatoms. The van der Waals surface area contributed by atoms with Crippen molar-refractivity contribution in [2.75, 3.05) is 0 Å². The summed E-state index contributed by atoms with van der Waals surface area (Å²) in [6.45, 7) is 11.6. The van der Waals surface area contributed by atoms with Gasteiger partial charge in [-0.15, -0.1) is 0 Å². The second kappa shape index (κ2) is 10.3. The Morgan fingerprint density at radius 1 is 1.03 bits per heavy atom. The van der Waals surface area contributed by atoms with Gasteiger partial charge in [-0.2, -0.15) is 0 Å². The summed E-state index contributed by atoms with van der Waals surface area (Å²) in [5.74, 6) is -1.10. The number of carbonyl (C=O) groups is 3. The minimum atomic E-state index is -1.01. The SMILES string of the molecule is CC(C)[C@H](NC(=O)c1ccc(C(C)(C)C)cc1)C(=O)O[C@@H](C)C(=O)NCc1ccco1. The largest absolute Gasteiger partial charge is 0.467 e. The number of benzene rings is 1. The fourth-order valence-electron chi connectivity index (χ4n) is 2.88. The normalized spacial score (nSPS) is 13.4. The summed E-state index contributed by atoms with van der Waals surface area (Å²) in [5.41, 5.74) is 1.54. The average molecular weight is 429 g/mol. The van der Waals surface area contributed by atoms with Crippen LogP contribution in [-0.2, 0) is 26.3 Å². The second-order valence-corrected chi connectivity index (χ2v) is 8.90. The Hall–Kier alpha value is -3.09. The average Bonchev–Trinajstić information content (AvgIpc) is 3.22. The van der Waals surface area contributed by atoms with E-state index in [9.17, 15) is 14.4 Å². The third-order valence-electron chi connectivity index (χ3n) is 4.90. The highest BCUT2D eigenvalue weighted by Gasteiger charge is 2.29. The van der Waals surface area contributed by atoms with E-state index in [0.717, 1.165) is 5.56 Å². The molecule has 0 aliphatic heterocycles. The molecule has 2 atom stereocenters. The summed E-state index contributed by atoms with van der Waals surface area (Å²) in [4.78, 5) is 37.5. The van der Waals surface area contributed by atoms with E-state index in [4.69, 9.17) is 9.15 Å². The van der Waals surface area contributed by atoms with Gasteiger partial charge in [0.05, 0.1) is 12.8 Å². The molecule has 7 nitrogen and oxygen atoms in total. The number of carbonyl (C=O) groups excluding carboxylic acids is 3. The highest BCUT2D eigenvalue weighted by atomic mass is 16.5. The first-order valence-corrected chi connectivity index (χ1v) is 10.4. The van der Waals surface area contributed by atoms with Gasteiger partial charge < -0.3 is 19.8 Å². The molecule has 1 aromatic carbocycles. The van der Waals surface area contributed by atoms with E-state index in [1.165, 1.54) is 13.2 Å². The summed E-state index contributed by atoms with van der Waals surface area (Å²) in [6.07, 6.45) is 0.504. The van der Waals surface area contributed by atoms with Crippen molar-refractivity contribution in [2.45, 2.75) is 65.6 Å². The molecule has 2 aromatic rings. The lowest BCUT2D eigenvalue weighted by atomic mass is 9.86. The molecule has 1 heterocycles. The van der Waals surface area contributed by atoms with Gasteiger partial charge in [-0.3, -0.25) is 9.59 Å². The van der Waals surface area contributed by atoms with Crippen LogP contribution in [0.5, 0.6) is 0 Å². The van der Waals surface area contributed by atoms with Crippen molar-refractivity contribution in [1.82, 2.24) is 10.6 Å². The van der Waals surface area contributed by atoms with Crippen LogP contribution < -0.4 is 10.6 Å². The van der Waals surface area contributed by atoms with Crippen molar-refractivity contribution in [2.24, 2.45) is 5.92 Å². The van der Waals surface area contributed by atoms with Crippen LogP contribution >= 0.6 is 0 Å². The van der Waals surface area contributed by atoms with Crippen molar-refractivity contribution in [3.05, 3.63) is 59.5 Å². The highest BCUT2D eigenvalue weighted by Crippen LogP contribution is 2.22. The Morgan fingerprint density at radius 3 is 2.19 bits per heavy atom. The van der Waals surface area contributed by atoms with Gasteiger partial charge in [0.25, 0.3) is 11.8 Å². The summed E-state index contributed by atoms with van der Waals surface area (Å²) in [7, 11) is 0. The van der Waals surface area contributed by atoms with E-state index in [2.05, 4.69) is 31.4 Å². The topological polar surface area (TPSA) is 97.6 Å². The van der Waals surface area contributed by atoms with Gasteiger partial charge in [-0.1, -0.05) is 46.8 Å². The van der Waals surface area contributed by atoms with Crippen molar-refractivity contribution >= 4 is 17.8 Å². The standard InChI is InChI=1S/C24H32N2O5/c1-15(2)20(26-22(28)17-9-11-18(12-10-17)24(4,5)6)23(29)31-16(3)21(27)25-14-19-8-7-13-30-19/h7-13,15-16,20H,14H2,1-6H3,(H,25,27)(H,26,28)/t16-,20-/m0/s1. The van der Waals surface area contributed by atoms with E-state index in [1.54, 1.807) is 38.1 Å². The van der Waals surface area contributed by atoms with E-state index in [1.807, 2.05) is 12.1 Å². The van der Waals surface area contributed by atoms with Crippen LogP contribution in [0.4, 0.5) is 0 Å². The molecule has 2 rings (SSSR count). The zero-order chi connectivity index (χ0) is 23.2. The fourth-order valence-corrected chi connectivity index (χ4v) is 2.88. The third kappa shape index (κ3) is 6.98. The van der Waals surface area contributed by atoms with Crippen molar-refractivity contribution < 1.29 is 23.5 Å². The van der Waals surface area contributed by atoms with Gasteiger partial charge in [0.1, 0.15) is 11.8 Å². The van der Waals surface area contributed by atoms with E-state index in [-0.39, 0.29) is 23.8 Å². The quantitative estimate of drug-likeness (QED) is 0.627. The van der Waals surface area contributed by atoms with Gasteiger partial charge in [0.15, 0.2) is 6.10 Å². The molecule has 0 spiro atoms.